The molecule has 3 aromatic rings. The Balaban J connectivity index is 0.00000193. The molecule has 1 aliphatic carbocycles. The van der Waals surface area contributed by atoms with Crippen molar-refractivity contribution in [2.45, 2.75) is 47.5 Å². The summed E-state index contributed by atoms with van der Waals surface area (Å²) in [6, 6.07) is 25.3. The maximum atomic E-state index is 2.45. The van der Waals surface area contributed by atoms with Crippen molar-refractivity contribution in [2.24, 2.45) is 0 Å². The van der Waals surface area contributed by atoms with Crippen LogP contribution in [-0.4, -0.2) is 8.80 Å². The Bertz CT molecular complexity index is 1110. The van der Waals surface area contributed by atoms with Crippen LogP contribution in [0.2, 0.25) is 0 Å². The van der Waals surface area contributed by atoms with Crippen molar-refractivity contribution < 1.29 is 57.7 Å². The average molecular weight is 562 g/mol. The molecule has 0 saturated heterocycles. The molecule has 0 unspecified atom stereocenters. The molecular weight excluding hydrogens is 531 g/mol. The summed E-state index contributed by atoms with van der Waals surface area (Å²) in [5.41, 5.74) is 10.0. The molecule has 4 rings (SSSR count). The molecule has 0 radical (unpaired) electrons. The van der Waals surface area contributed by atoms with Gasteiger partial charge in [-0.3, -0.25) is 0 Å². The third-order valence-electron chi connectivity index (χ3n) is 6.32. The van der Waals surface area contributed by atoms with Gasteiger partial charge in [0.1, 0.15) is 0 Å². The van der Waals surface area contributed by atoms with Crippen LogP contribution in [-0.2, 0) is 26.9 Å². The quantitative estimate of drug-likeness (QED) is 0.285. The fourth-order valence-electron chi connectivity index (χ4n) is 5.12. The molecule has 0 aliphatic heterocycles. The van der Waals surface area contributed by atoms with Crippen LogP contribution in [0.25, 0.3) is 0 Å². The van der Waals surface area contributed by atoms with E-state index in [1.807, 2.05) is 0 Å². The van der Waals surface area contributed by atoms with E-state index in [0.717, 1.165) is 12.8 Å². The molecule has 1 aliphatic rings. The summed E-state index contributed by atoms with van der Waals surface area (Å²) in [6.07, 6.45) is 2.17. The Morgan fingerprint density at radius 2 is 1.12 bits per heavy atom. The third-order valence-corrected chi connectivity index (χ3v) is 10.9. The minimum Gasteiger partial charge on any atom is -1.00 e. The van der Waals surface area contributed by atoms with Crippen LogP contribution < -0.4 is 47.6 Å². The molecule has 0 spiro atoms. The van der Waals surface area contributed by atoms with Crippen LogP contribution in [0.3, 0.4) is 0 Å². The number of benzene rings is 3. The Kier molecular flexibility index (Phi) is 12.1. The van der Waals surface area contributed by atoms with Gasteiger partial charge in [-0.05, 0) is 0 Å². The number of hydrogen-bond acceptors (Lipinski definition) is 0. The first-order valence-electron chi connectivity index (χ1n) is 11.2. The van der Waals surface area contributed by atoms with E-state index in [9.17, 15) is 0 Å². The minimum absolute atomic E-state index is 0. The van der Waals surface area contributed by atoms with Crippen molar-refractivity contribution in [1.82, 2.24) is 0 Å². The number of hydrogen-bond donors (Lipinski definition) is 0. The van der Waals surface area contributed by atoms with Crippen molar-refractivity contribution in [3.8, 4) is 0 Å². The van der Waals surface area contributed by atoms with Crippen molar-refractivity contribution in [1.29, 1.82) is 0 Å². The summed E-state index contributed by atoms with van der Waals surface area (Å²) in [6.45, 7) is 11.3. The average Bonchev–Trinajstić information content (AvgIpc) is 2.96. The van der Waals surface area contributed by atoms with Crippen molar-refractivity contribution >= 4 is 19.2 Å². The van der Waals surface area contributed by atoms with Crippen LogP contribution >= 0.6 is 0 Å². The van der Waals surface area contributed by atoms with Crippen molar-refractivity contribution in [3.05, 3.63) is 115 Å². The van der Waals surface area contributed by atoms with E-state index in [1.165, 1.54) is 27.8 Å². The summed E-state index contributed by atoms with van der Waals surface area (Å²) >= 11 is 2.38. The summed E-state index contributed by atoms with van der Waals surface area (Å²) in [5, 5.41) is 4.83. The number of aryl methyl sites for hydroxylation is 4. The van der Waals surface area contributed by atoms with Crippen LogP contribution in [0.1, 0.15) is 41.2 Å². The number of allylic oxidation sites excluding steroid dienone is 4. The maximum absolute atomic E-state index is 2.45. The van der Waals surface area contributed by atoms with Gasteiger partial charge in [0.15, 0.2) is 0 Å². The molecule has 5 heteroatoms. The second-order valence-electron chi connectivity index (χ2n) is 9.27. The molecule has 0 fully saturated rings. The minimum atomic E-state index is -1.52. The fraction of sp³-hybridized carbons (Fsp3) is 0.241. The first kappa shape index (κ1) is 31.0. The molecule has 0 amide bonds. The summed E-state index contributed by atoms with van der Waals surface area (Å²) < 4.78 is 1.55. The van der Waals surface area contributed by atoms with E-state index in [-0.39, 0.29) is 37.2 Å². The summed E-state index contributed by atoms with van der Waals surface area (Å²) in [5.74, 6) is 0. The van der Waals surface area contributed by atoms with Gasteiger partial charge < -0.3 is 37.2 Å². The van der Waals surface area contributed by atoms with Gasteiger partial charge in [0.2, 0.25) is 0 Å². The normalized spacial score (nSPS) is 12.9. The topological polar surface area (TPSA) is 0 Å². The summed E-state index contributed by atoms with van der Waals surface area (Å²) in [7, 11) is -1.52. The first-order chi connectivity index (χ1) is 14.8. The zero-order chi connectivity index (χ0) is 22.1. The Labute approximate surface area is 237 Å². The maximum Gasteiger partial charge on any atom is -1.00 e. The second kappa shape index (κ2) is 13.3. The first-order valence-corrected chi connectivity index (χ1v) is 13.7. The monoisotopic (exact) mass is 560 g/mol. The number of halogens is 3. The van der Waals surface area contributed by atoms with Crippen LogP contribution in [0.5, 0.6) is 0 Å². The van der Waals surface area contributed by atoms with Gasteiger partial charge >= 0.3 is 202 Å². The van der Waals surface area contributed by atoms with E-state index in [2.05, 4.69) is 122 Å². The smallest absolute Gasteiger partial charge is 1.00 e. The molecular formula is C29H31Cl3SiTi. The van der Waals surface area contributed by atoms with Gasteiger partial charge in [0, 0.05) is 0 Å². The van der Waals surface area contributed by atoms with Gasteiger partial charge in [-0.2, -0.15) is 0 Å². The molecule has 0 heterocycles. The van der Waals surface area contributed by atoms with E-state index < -0.39 is 8.80 Å². The van der Waals surface area contributed by atoms with Crippen LogP contribution in [0, 0.1) is 27.7 Å². The van der Waals surface area contributed by atoms with Crippen LogP contribution in [0.15, 0.2) is 87.0 Å². The fourth-order valence-corrected chi connectivity index (χ4v) is 10.3. The molecule has 0 atom stereocenters. The predicted molar refractivity (Wildman–Crippen MR) is 133 cm³/mol. The Morgan fingerprint density at radius 3 is 1.56 bits per heavy atom. The van der Waals surface area contributed by atoms with Gasteiger partial charge in [0.05, 0.1) is 0 Å². The van der Waals surface area contributed by atoms with E-state index in [1.54, 1.807) is 30.6 Å². The molecule has 176 valence electrons. The zero-order valence-corrected chi connectivity index (χ0v) is 25.5. The van der Waals surface area contributed by atoms with Crippen molar-refractivity contribution in [3.63, 3.8) is 0 Å². The van der Waals surface area contributed by atoms with E-state index >= 15 is 0 Å². The predicted octanol–water partition coefficient (Wildman–Crippen LogP) is -3.42. The number of rotatable bonds is 5. The third kappa shape index (κ3) is 7.00. The Morgan fingerprint density at radius 1 is 0.676 bits per heavy atom. The SMILES string of the molecule is CC1=C(Cc2ccccc2)[C]([Ti+3])=C([SiH](c2cc(C)cc(C)c2)c2cc(C)cc(C)c2)C1.[Cl-].[Cl-].[Cl-]. The van der Waals surface area contributed by atoms with Gasteiger partial charge in [-0.25, -0.2) is 0 Å². The van der Waals surface area contributed by atoms with Gasteiger partial charge in [-0.1, -0.05) is 0 Å². The summed E-state index contributed by atoms with van der Waals surface area (Å²) in [4.78, 5) is 0. The molecule has 0 nitrogen and oxygen atoms in total. The molecule has 34 heavy (non-hydrogen) atoms. The van der Waals surface area contributed by atoms with E-state index in [4.69, 9.17) is 0 Å². The standard InChI is InChI=1S/C29H31Si.3ClH.Ti/c1-20-11-21(2)14-27(13-20)30(28-15-22(3)12-23(4)16-28)29-17-24(5)26(19-29)18-25-9-7-6-8-10-25;;;;/h6-16,30H,17-18H2,1-5H3;3*1H;/q;;;;+3/p-3. The molecule has 0 saturated carbocycles. The molecule has 0 aromatic heterocycles. The largest absolute Gasteiger partial charge is 1.00 e. The Hall–Kier alpha value is -1.06. The van der Waals surface area contributed by atoms with Crippen molar-refractivity contribution in [2.75, 3.05) is 0 Å². The van der Waals surface area contributed by atoms with Crippen LogP contribution in [0.4, 0.5) is 0 Å². The zero-order valence-electron chi connectivity index (χ0n) is 20.5. The molecule has 0 N–H and O–H groups in total. The van der Waals surface area contributed by atoms with Gasteiger partial charge in [0.25, 0.3) is 0 Å². The molecule has 0 bridgehead atoms. The van der Waals surface area contributed by atoms with E-state index in [0.29, 0.717) is 0 Å². The van der Waals surface area contributed by atoms with Gasteiger partial charge in [-0.15, -0.1) is 0 Å². The molecule has 3 aromatic carbocycles. The second-order valence-corrected chi connectivity index (χ2v) is 13.0.